The average molecular weight is 508 g/mol. The highest BCUT2D eigenvalue weighted by atomic mass is 16.5. The lowest BCUT2D eigenvalue weighted by Gasteiger charge is -2.37. The van der Waals surface area contributed by atoms with Gasteiger partial charge in [-0.05, 0) is 35.7 Å². The highest BCUT2D eigenvalue weighted by Crippen LogP contribution is 2.36. The van der Waals surface area contributed by atoms with Gasteiger partial charge in [0.2, 0.25) is 6.10 Å². The van der Waals surface area contributed by atoms with Gasteiger partial charge in [0.25, 0.3) is 5.91 Å². The Bertz CT molecular complexity index is 1410. The first-order chi connectivity index (χ1) is 18.5. The van der Waals surface area contributed by atoms with Gasteiger partial charge in [0.05, 0.1) is 0 Å². The second-order valence-electron chi connectivity index (χ2n) is 9.37. The van der Waals surface area contributed by atoms with E-state index < -0.39 is 24.0 Å². The summed E-state index contributed by atoms with van der Waals surface area (Å²) in [4.78, 5) is 27.9. The minimum Gasteiger partial charge on any atom is -0.488 e. The Kier molecular flexibility index (Phi) is 7.40. The normalized spacial score (nSPS) is 15.3. The molecule has 1 aliphatic rings. The van der Waals surface area contributed by atoms with E-state index in [0.717, 1.165) is 22.3 Å². The van der Waals surface area contributed by atoms with Crippen LogP contribution in [0.1, 0.15) is 33.9 Å². The minimum absolute atomic E-state index is 0.147. The second-order valence-corrected chi connectivity index (χ2v) is 9.37. The van der Waals surface area contributed by atoms with Crippen LogP contribution in [0.4, 0.5) is 0 Å². The molecule has 4 aromatic rings. The van der Waals surface area contributed by atoms with E-state index in [-0.39, 0.29) is 13.0 Å². The number of carboxylic acid groups (broad SMARTS) is 1. The molecule has 0 saturated carbocycles. The predicted octanol–water partition coefficient (Wildman–Crippen LogP) is 5.73. The molecule has 4 aromatic carbocycles. The lowest BCUT2D eigenvalue weighted by atomic mass is 9.90. The molecule has 192 valence electrons. The molecule has 1 aliphatic heterocycles. The maximum absolute atomic E-state index is 14.0. The number of carbonyl (C=O) groups excluding carboxylic acids is 1. The summed E-state index contributed by atoms with van der Waals surface area (Å²) < 4.78 is 12.4. The predicted molar refractivity (Wildman–Crippen MR) is 144 cm³/mol. The molecular formula is C32H29NO5. The number of benzene rings is 4. The van der Waals surface area contributed by atoms with Crippen LogP contribution in [0.5, 0.6) is 11.5 Å². The summed E-state index contributed by atoms with van der Waals surface area (Å²) >= 11 is 0. The van der Waals surface area contributed by atoms with E-state index in [1.54, 1.807) is 12.1 Å². The Morgan fingerprint density at radius 1 is 0.895 bits per heavy atom. The van der Waals surface area contributed by atoms with Gasteiger partial charge in [-0.3, -0.25) is 4.79 Å². The van der Waals surface area contributed by atoms with Crippen LogP contribution in [-0.4, -0.2) is 27.9 Å². The van der Waals surface area contributed by atoms with E-state index in [4.69, 9.17) is 9.47 Å². The first-order valence-electron chi connectivity index (χ1n) is 12.6. The van der Waals surface area contributed by atoms with Crippen molar-refractivity contribution in [2.75, 3.05) is 0 Å². The molecule has 6 heteroatoms. The van der Waals surface area contributed by atoms with E-state index >= 15 is 0 Å². The number of ether oxygens (including phenoxy) is 2. The van der Waals surface area contributed by atoms with E-state index in [2.05, 4.69) is 0 Å². The van der Waals surface area contributed by atoms with Crippen LogP contribution in [0, 0.1) is 6.92 Å². The zero-order valence-corrected chi connectivity index (χ0v) is 21.1. The molecule has 6 nitrogen and oxygen atoms in total. The second kappa shape index (κ2) is 11.2. The number of carbonyl (C=O) groups is 2. The monoisotopic (exact) mass is 507 g/mol. The molecule has 38 heavy (non-hydrogen) atoms. The number of hydrogen-bond donors (Lipinski definition) is 1. The van der Waals surface area contributed by atoms with Crippen LogP contribution in [0.2, 0.25) is 0 Å². The summed E-state index contributed by atoms with van der Waals surface area (Å²) in [6.45, 7) is 2.47. The van der Waals surface area contributed by atoms with Crippen molar-refractivity contribution in [2.24, 2.45) is 0 Å². The molecule has 1 amide bonds. The molecule has 0 fully saturated rings. The van der Waals surface area contributed by atoms with Crippen molar-refractivity contribution in [1.29, 1.82) is 0 Å². The standard InChI is InChI=1S/C32H29NO5/c1-22-17-18-25-20-33(28(32(35)36)19-27(25)29(22)37-21-23-11-5-2-6-12-23)31(34)30(24-13-7-3-8-14-24)38-26-15-9-4-10-16-26/h2-18,28,30H,19-21H2,1H3,(H,35,36)/t28-,30-/m1/s1. The zero-order chi connectivity index (χ0) is 26.5. The molecule has 0 aliphatic carbocycles. The lowest BCUT2D eigenvalue weighted by Crippen LogP contribution is -2.51. The summed E-state index contributed by atoms with van der Waals surface area (Å²) in [5.41, 5.74) is 4.31. The molecule has 1 N–H and O–H groups in total. The molecule has 0 aromatic heterocycles. The quantitative estimate of drug-likeness (QED) is 0.330. The number of fused-ring (bicyclic) bond motifs is 1. The number of nitrogens with zero attached hydrogens (tertiary/aromatic N) is 1. The van der Waals surface area contributed by atoms with Crippen LogP contribution in [-0.2, 0) is 29.2 Å². The third-order valence-corrected chi connectivity index (χ3v) is 6.79. The number of carboxylic acids is 1. The fourth-order valence-corrected chi connectivity index (χ4v) is 4.81. The highest BCUT2D eigenvalue weighted by molar-refractivity contribution is 5.88. The van der Waals surface area contributed by atoms with Gasteiger partial charge >= 0.3 is 5.97 Å². The SMILES string of the molecule is Cc1ccc2c(c1OCc1ccccc1)C[C@H](C(=O)O)N(C(=O)[C@H](Oc1ccccc1)c1ccccc1)C2. The Hall–Kier alpha value is -4.58. The van der Waals surface area contributed by atoms with E-state index in [9.17, 15) is 14.7 Å². The van der Waals surface area contributed by atoms with Gasteiger partial charge in [-0.25, -0.2) is 4.79 Å². The zero-order valence-electron chi connectivity index (χ0n) is 21.1. The van der Waals surface area contributed by atoms with Crippen molar-refractivity contribution in [3.05, 3.63) is 131 Å². The molecular weight excluding hydrogens is 478 g/mol. The first kappa shape index (κ1) is 25.1. The van der Waals surface area contributed by atoms with Crippen molar-refractivity contribution in [1.82, 2.24) is 4.90 Å². The molecule has 5 rings (SSSR count). The number of aryl methyl sites for hydroxylation is 1. The van der Waals surface area contributed by atoms with Gasteiger partial charge in [-0.1, -0.05) is 91.0 Å². The number of rotatable bonds is 8. The third-order valence-electron chi connectivity index (χ3n) is 6.79. The van der Waals surface area contributed by atoms with Gasteiger partial charge in [0, 0.05) is 24.1 Å². The largest absolute Gasteiger partial charge is 0.488 e. The van der Waals surface area contributed by atoms with Crippen LogP contribution in [0.25, 0.3) is 0 Å². The number of hydrogen-bond acceptors (Lipinski definition) is 4. The Morgan fingerprint density at radius 2 is 1.53 bits per heavy atom. The van der Waals surface area contributed by atoms with Gasteiger partial charge in [-0.15, -0.1) is 0 Å². The van der Waals surface area contributed by atoms with Crippen molar-refractivity contribution in [3.8, 4) is 11.5 Å². The number of amides is 1. The van der Waals surface area contributed by atoms with E-state index in [1.165, 1.54) is 4.90 Å². The van der Waals surface area contributed by atoms with Crippen molar-refractivity contribution < 1.29 is 24.2 Å². The summed E-state index contributed by atoms with van der Waals surface area (Å²) in [5.74, 6) is -0.243. The van der Waals surface area contributed by atoms with Crippen LogP contribution in [0.15, 0.2) is 103 Å². The summed E-state index contributed by atoms with van der Waals surface area (Å²) in [7, 11) is 0. The topological polar surface area (TPSA) is 76.1 Å². The van der Waals surface area contributed by atoms with Crippen molar-refractivity contribution in [3.63, 3.8) is 0 Å². The highest BCUT2D eigenvalue weighted by Gasteiger charge is 2.40. The Morgan fingerprint density at radius 3 is 2.18 bits per heavy atom. The Labute approximate surface area is 222 Å². The molecule has 0 bridgehead atoms. The van der Waals surface area contributed by atoms with Gasteiger partial charge in [-0.2, -0.15) is 0 Å². The molecule has 0 saturated heterocycles. The maximum Gasteiger partial charge on any atom is 0.326 e. The van der Waals surface area contributed by atoms with Gasteiger partial charge in [0.1, 0.15) is 24.1 Å². The van der Waals surface area contributed by atoms with Gasteiger partial charge in [0.15, 0.2) is 0 Å². The molecule has 2 atom stereocenters. The first-order valence-corrected chi connectivity index (χ1v) is 12.6. The van der Waals surface area contributed by atoms with Crippen molar-refractivity contribution >= 4 is 11.9 Å². The van der Waals surface area contributed by atoms with Crippen LogP contribution >= 0.6 is 0 Å². The minimum atomic E-state index is -1.06. The maximum atomic E-state index is 14.0. The molecule has 1 heterocycles. The molecule has 0 spiro atoms. The molecule has 0 radical (unpaired) electrons. The smallest absolute Gasteiger partial charge is 0.326 e. The lowest BCUT2D eigenvalue weighted by molar-refractivity contribution is -0.155. The fourth-order valence-electron chi connectivity index (χ4n) is 4.81. The third kappa shape index (κ3) is 5.39. The number of para-hydroxylation sites is 1. The summed E-state index contributed by atoms with van der Waals surface area (Å²) in [5, 5.41) is 10.2. The average Bonchev–Trinajstić information content (AvgIpc) is 2.96. The van der Waals surface area contributed by atoms with E-state index in [1.807, 2.05) is 97.9 Å². The Balaban J connectivity index is 1.47. The van der Waals surface area contributed by atoms with Crippen LogP contribution in [0.3, 0.4) is 0 Å². The number of aliphatic carboxylic acids is 1. The molecule has 0 unspecified atom stereocenters. The summed E-state index contributed by atoms with van der Waals surface area (Å²) in [6, 6.07) is 31.0. The summed E-state index contributed by atoms with van der Waals surface area (Å²) in [6.07, 6.45) is -0.837. The van der Waals surface area contributed by atoms with Crippen molar-refractivity contribution in [2.45, 2.75) is 38.6 Å². The fraction of sp³-hybridized carbons (Fsp3) is 0.188. The van der Waals surface area contributed by atoms with Gasteiger partial charge < -0.3 is 19.5 Å². The van der Waals surface area contributed by atoms with Crippen LogP contribution < -0.4 is 9.47 Å². The van der Waals surface area contributed by atoms with E-state index in [0.29, 0.717) is 23.7 Å².